The van der Waals surface area contributed by atoms with Gasteiger partial charge in [-0.3, -0.25) is 4.79 Å². The van der Waals surface area contributed by atoms with E-state index in [1.54, 1.807) is 11.3 Å². The number of para-hydroxylation sites is 1. The van der Waals surface area contributed by atoms with Gasteiger partial charge in [0.1, 0.15) is 0 Å². The van der Waals surface area contributed by atoms with E-state index in [2.05, 4.69) is 41.9 Å². The smallest absolute Gasteiger partial charge is 0.308 e. The van der Waals surface area contributed by atoms with Gasteiger partial charge in [0.25, 0.3) is 0 Å². The van der Waals surface area contributed by atoms with E-state index in [4.69, 9.17) is 5.11 Å². The fourth-order valence-corrected chi connectivity index (χ4v) is 4.57. The van der Waals surface area contributed by atoms with Crippen LogP contribution in [0.5, 0.6) is 0 Å². The normalized spacial score (nSPS) is 13.2. The Morgan fingerprint density at radius 2 is 2.14 bits per heavy atom. The second-order valence-electron chi connectivity index (χ2n) is 5.52. The monoisotopic (exact) mass is 297 g/mol. The topological polar surface area (TPSA) is 42.2 Å². The maximum Gasteiger partial charge on any atom is 0.308 e. The first-order valence-electron chi connectivity index (χ1n) is 7.05. The number of aliphatic carboxylic acids is 1. The van der Waals surface area contributed by atoms with Gasteiger partial charge >= 0.3 is 5.97 Å². The Morgan fingerprint density at radius 1 is 1.33 bits per heavy atom. The van der Waals surface area contributed by atoms with Crippen LogP contribution < -0.4 is 0 Å². The van der Waals surface area contributed by atoms with E-state index in [0.717, 1.165) is 17.7 Å². The molecule has 0 radical (unpaired) electrons. The van der Waals surface area contributed by atoms with Gasteiger partial charge in [-0.1, -0.05) is 18.2 Å². The number of carbonyl (C=O) groups is 1. The molecule has 3 aromatic rings. The lowest BCUT2D eigenvalue weighted by atomic mass is 9.94. The molecule has 0 amide bonds. The number of carboxylic acid groups (broad SMARTS) is 1. The van der Waals surface area contributed by atoms with Gasteiger partial charge in [-0.25, -0.2) is 0 Å². The maximum absolute atomic E-state index is 10.9. The van der Waals surface area contributed by atoms with Gasteiger partial charge in [0.05, 0.1) is 12.1 Å². The van der Waals surface area contributed by atoms with Crippen molar-refractivity contribution in [2.24, 2.45) is 7.05 Å². The number of thiophene rings is 1. The minimum absolute atomic E-state index is 0.122. The molecule has 0 bridgehead atoms. The minimum atomic E-state index is -0.758. The lowest BCUT2D eigenvalue weighted by molar-refractivity contribution is -0.136. The molecule has 0 unspecified atom stereocenters. The summed E-state index contributed by atoms with van der Waals surface area (Å²) < 4.78 is 2.25. The highest BCUT2D eigenvalue weighted by atomic mass is 32.1. The molecule has 0 saturated heterocycles. The number of hydrogen-bond acceptors (Lipinski definition) is 2. The summed E-state index contributed by atoms with van der Waals surface area (Å²) in [6, 6.07) is 10.6. The van der Waals surface area contributed by atoms with Crippen LogP contribution in [0.1, 0.15) is 15.3 Å². The number of aromatic nitrogens is 1. The van der Waals surface area contributed by atoms with Gasteiger partial charge in [-0.05, 0) is 30.5 Å². The predicted octanol–water partition coefficient (Wildman–Crippen LogP) is 3.63. The number of carboxylic acids is 1. The highest BCUT2D eigenvalue weighted by Gasteiger charge is 2.25. The van der Waals surface area contributed by atoms with Crippen LogP contribution in [-0.2, 0) is 31.1 Å². The van der Waals surface area contributed by atoms with Gasteiger partial charge < -0.3 is 9.67 Å². The van der Waals surface area contributed by atoms with Crippen molar-refractivity contribution in [1.29, 1.82) is 0 Å². The number of benzene rings is 1. The minimum Gasteiger partial charge on any atom is -0.481 e. The molecule has 1 N–H and O–H groups in total. The van der Waals surface area contributed by atoms with E-state index in [1.165, 1.54) is 32.6 Å². The third kappa shape index (κ3) is 1.83. The van der Waals surface area contributed by atoms with Gasteiger partial charge in [0.2, 0.25) is 0 Å². The van der Waals surface area contributed by atoms with Crippen molar-refractivity contribution in [3.05, 3.63) is 45.6 Å². The van der Waals surface area contributed by atoms with Crippen LogP contribution in [0.25, 0.3) is 22.2 Å². The first kappa shape index (κ1) is 12.7. The third-order valence-electron chi connectivity index (χ3n) is 4.25. The maximum atomic E-state index is 10.9. The zero-order chi connectivity index (χ0) is 14.6. The molecule has 1 aromatic carbocycles. The van der Waals surface area contributed by atoms with Crippen LogP contribution in [-0.4, -0.2) is 15.6 Å². The van der Waals surface area contributed by atoms with Gasteiger partial charge in [0.15, 0.2) is 0 Å². The molecule has 2 heterocycles. The van der Waals surface area contributed by atoms with E-state index in [-0.39, 0.29) is 6.42 Å². The quantitative estimate of drug-likeness (QED) is 0.785. The van der Waals surface area contributed by atoms with Gasteiger partial charge in [-0.2, -0.15) is 0 Å². The highest BCUT2D eigenvalue weighted by Crippen LogP contribution is 2.42. The molecule has 0 fully saturated rings. The second kappa shape index (κ2) is 4.46. The van der Waals surface area contributed by atoms with Gasteiger partial charge in [0, 0.05) is 33.3 Å². The van der Waals surface area contributed by atoms with Crippen molar-refractivity contribution in [3.8, 4) is 11.3 Å². The SMILES string of the molecule is Cn1c2c(c3ccccc31)CCc1sc(CC(=O)O)cc1-2. The Labute approximate surface area is 126 Å². The third-order valence-corrected chi connectivity index (χ3v) is 5.45. The molecular weight excluding hydrogens is 282 g/mol. The van der Waals surface area contributed by atoms with E-state index < -0.39 is 5.97 Å². The average Bonchev–Trinajstić information content (AvgIpc) is 2.98. The van der Waals surface area contributed by atoms with Crippen LogP contribution in [0.15, 0.2) is 30.3 Å². The van der Waals surface area contributed by atoms with Crippen molar-refractivity contribution in [1.82, 2.24) is 4.57 Å². The average molecular weight is 297 g/mol. The summed E-state index contributed by atoms with van der Waals surface area (Å²) in [4.78, 5) is 13.2. The predicted molar refractivity (Wildman–Crippen MR) is 85.0 cm³/mol. The summed E-state index contributed by atoms with van der Waals surface area (Å²) in [7, 11) is 2.10. The molecule has 1 aliphatic carbocycles. The molecule has 21 heavy (non-hydrogen) atoms. The molecule has 0 saturated carbocycles. The number of nitrogens with zero attached hydrogens (tertiary/aromatic N) is 1. The molecule has 0 atom stereocenters. The Balaban J connectivity index is 1.96. The molecule has 4 rings (SSSR count). The fraction of sp³-hybridized carbons (Fsp3) is 0.235. The number of aryl methyl sites for hydroxylation is 3. The summed E-state index contributed by atoms with van der Waals surface area (Å²) >= 11 is 1.65. The van der Waals surface area contributed by atoms with E-state index in [0.29, 0.717) is 0 Å². The molecule has 3 nitrogen and oxygen atoms in total. The summed E-state index contributed by atoms with van der Waals surface area (Å²) in [5.41, 5.74) is 5.16. The van der Waals surface area contributed by atoms with Crippen LogP contribution in [0.3, 0.4) is 0 Å². The number of hydrogen-bond donors (Lipinski definition) is 1. The molecule has 0 spiro atoms. The van der Waals surface area contributed by atoms with Crippen LogP contribution in [0, 0.1) is 0 Å². The molecule has 2 aromatic heterocycles. The van der Waals surface area contributed by atoms with Crippen molar-refractivity contribution in [2.45, 2.75) is 19.3 Å². The Morgan fingerprint density at radius 3 is 2.95 bits per heavy atom. The van der Waals surface area contributed by atoms with Crippen molar-refractivity contribution >= 4 is 28.2 Å². The molecule has 4 heteroatoms. The molecule has 1 aliphatic rings. The second-order valence-corrected chi connectivity index (χ2v) is 6.74. The first-order valence-corrected chi connectivity index (χ1v) is 7.87. The summed E-state index contributed by atoms with van der Waals surface area (Å²) in [5, 5.41) is 10.3. The number of rotatable bonds is 2. The van der Waals surface area contributed by atoms with E-state index in [9.17, 15) is 4.79 Å². The molecule has 106 valence electrons. The van der Waals surface area contributed by atoms with Crippen molar-refractivity contribution < 1.29 is 9.90 Å². The zero-order valence-electron chi connectivity index (χ0n) is 11.7. The lowest BCUT2D eigenvalue weighted by Gasteiger charge is -2.14. The van der Waals surface area contributed by atoms with Crippen LogP contribution in [0.2, 0.25) is 0 Å². The summed E-state index contributed by atoms with van der Waals surface area (Å²) in [6.07, 6.45) is 2.17. The summed E-state index contributed by atoms with van der Waals surface area (Å²) in [6.45, 7) is 0. The van der Waals surface area contributed by atoms with E-state index in [1.807, 2.05) is 0 Å². The Kier molecular flexibility index (Phi) is 2.69. The lowest BCUT2D eigenvalue weighted by Crippen LogP contribution is -2.02. The Bertz CT molecular complexity index is 872. The first-order chi connectivity index (χ1) is 10.1. The largest absolute Gasteiger partial charge is 0.481 e. The fourth-order valence-electron chi connectivity index (χ4n) is 3.41. The zero-order valence-corrected chi connectivity index (χ0v) is 12.5. The molecule has 0 aliphatic heterocycles. The Hall–Kier alpha value is -2.07. The van der Waals surface area contributed by atoms with Crippen LogP contribution in [0.4, 0.5) is 0 Å². The van der Waals surface area contributed by atoms with Crippen LogP contribution >= 0.6 is 11.3 Å². The summed E-state index contributed by atoms with van der Waals surface area (Å²) in [5.74, 6) is -0.758. The van der Waals surface area contributed by atoms with E-state index >= 15 is 0 Å². The standard InChI is InChI=1S/C17H15NO2S/c1-18-14-5-3-2-4-11(14)12-6-7-15-13(17(12)18)8-10(21-15)9-16(19)20/h2-5,8H,6-7,9H2,1H3,(H,19,20). The molecular formula is C17H15NO2S. The number of fused-ring (bicyclic) bond motifs is 5. The van der Waals surface area contributed by atoms with Crippen molar-refractivity contribution in [3.63, 3.8) is 0 Å². The van der Waals surface area contributed by atoms with Crippen molar-refractivity contribution in [2.75, 3.05) is 0 Å². The highest BCUT2D eigenvalue weighted by molar-refractivity contribution is 7.12. The van der Waals surface area contributed by atoms with Gasteiger partial charge in [-0.15, -0.1) is 11.3 Å².